The van der Waals surface area contributed by atoms with Gasteiger partial charge in [0.05, 0.1) is 0 Å². The molecular weight excluding hydrogens is 258 g/mol. The number of rotatable bonds is 3. The summed E-state index contributed by atoms with van der Waals surface area (Å²) in [6, 6.07) is 10.8. The molecule has 3 rings (SSSR count). The number of benzene rings is 1. The van der Waals surface area contributed by atoms with Crippen LogP contribution >= 0.6 is 0 Å². The van der Waals surface area contributed by atoms with Crippen LogP contribution < -0.4 is 0 Å². The minimum Gasteiger partial charge on any atom is -0.281 e. The molecule has 0 atom stereocenters. The second-order valence-corrected chi connectivity index (χ2v) is 5.49. The summed E-state index contributed by atoms with van der Waals surface area (Å²) in [6.07, 6.45) is 1.95. The van der Waals surface area contributed by atoms with E-state index < -0.39 is 0 Å². The summed E-state index contributed by atoms with van der Waals surface area (Å²) < 4.78 is 2.19. The highest BCUT2D eigenvalue weighted by molar-refractivity contribution is 5.78. The fourth-order valence-corrected chi connectivity index (χ4v) is 2.79. The standard InChI is InChI=1S/C18H21N3/c1-5-14-7-9-15(10-8-14)21-16(6-2)20-17-12(3)11-13(4)19-18(17)21/h7-11H,5-6H2,1-4H3. The molecule has 0 aliphatic heterocycles. The van der Waals surface area contributed by atoms with Crippen molar-refractivity contribution in [2.24, 2.45) is 0 Å². The van der Waals surface area contributed by atoms with Crippen LogP contribution in [0, 0.1) is 13.8 Å². The molecule has 0 N–H and O–H groups in total. The van der Waals surface area contributed by atoms with Crippen molar-refractivity contribution in [1.82, 2.24) is 14.5 Å². The Kier molecular flexibility index (Phi) is 3.50. The fourth-order valence-electron chi connectivity index (χ4n) is 2.79. The number of nitrogens with zero attached hydrogens (tertiary/aromatic N) is 3. The van der Waals surface area contributed by atoms with Crippen LogP contribution in [0.1, 0.15) is 36.5 Å². The lowest BCUT2D eigenvalue weighted by atomic mass is 10.1. The molecule has 0 radical (unpaired) electrons. The van der Waals surface area contributed by atoms with Gasteiger partial charge in [-0.1, -0.05) is 26.0 Å². The predicted octanol–water partition coefficient (Wildman–Crippen LogP) is 4.16. The third kappa shape index (κ3) is 2.33. The Morgan fingerprint density at radius 1 is 0.952 bits per heavy atom. The highest BCUT2D eigenvalue weighted by Crippen LogP contribution is 2.24. The van der Waals surface area contributed by atoms with Crippen LogP contribution in [0.15, 0.2) is 30.3 Å². The predicted molar refractivity (Wildman–Crippen MR) is 87.1 cm³/mol. The molecule has 0 amide bonds. The number of fused-ring (bicyclic) bond motifs is 1. The summed E-state index contributed by atoms with van der Waals surface area (Å²) in [5.41, 5.74) is 6.70. The van der Waals surface area contributed by atoms with Gasteiger partial charge in [-0.05, 0) is 49.6 Å². The molecule has 2 aromatic heterocycles. The number of pyridine rings is 1. The Hall–Kier alpha value is -2.16. The second kappa shape index (κ2) is 5.32. The molecule has 0 fully saturated rings. The molecule has 0 aliphatic rings. The van der Waals surface area contributed by atoms with Gasteiger partial charge in [0, 0.05) is 17.8 Å². The topological polar surface area (TPSA) is 30.7 Å². The van der Waals surface area contributed by atoms with Crippen LogP contribution in [0.2, 0.25) is 0 Å². The summed E-state index contributed by atoms with van der Waals surface area (Å²) in [6.45, 7) is 8.46. The van der Waals surface area contributed by atoms with Gasteiger partial charge in [-0.15, -0.1) is 0 Å². The smallest absolute Gasteiger partial charge is 0.165 e. The van der Waals surface area contributed by atoms with E-state index in [0.717, 1.165) is 41.2 Å². The van der Waals surface area contributed by atoms with E-state index in [1.807, 2.05) is 6.92 Å². The van der Waals surface area contributed by atoms with Gasteiger partial charge in [0.25, 0.3) is 0 Å². The lowest BCUT2D eigenvalue weighted by molar-refractivity contribution is 0.899. The first kappa shape index (κ1) is 13.8. The molecule has 0 aliphatic carbocycles. The van der Waals surface area contributed by atoms with E-state index in [9.17, 15) is 0 Å². The van der Waals surface area contributed by atoms with Gasteiger partial charge in [0.2, 0.25) is 0 Å². The molecule has 0 bridgehead atoms. The quantitative estimate of drug-likeness (QED) is 0.720. The van der Waals surface area contributed by atoms with Gasteiger partial charge in [-0.25, -0.2) is 9.97 Å². The van der Waals surface area contributed by atoms with Gasteiger partial charge >= 0.3 is 0 Å². The van der Waals surface area contributed by atoms with E-state index in [2.05, 4.69) is 55.7 Å². The minimum atomic E-state index is 0.893. The zero-order valence-corrected chi connectivity index (χ0v) is 13.1. The van der Waals surface area contributed by atoms with E-state index >= 15 is 0 Å². The molecule has 2 heterocycles. The van der Waals surface area contributed by atoms with Crippen LogP contribution in [-0.4, -0.2) is 14.5 Å². The van der Waals surface area contributed by atoms with Crippen molar-refractivity contribution >= 4 is 11.2 Å². The van der Waals surface area contributed by atoms with Crippen LogP contribution in [0.3, 0.4) is 0 Å². The van der Waals surface area contributed by atoms with E-state index in [-0.39, 0.29) is 0 Å². The average molecular weight is 279 g/mol. The maximum absolute atomic E-state index is 4.79. The summed E-state index contributed by atoms with van der Waals surface area (Å²) in [5.74, 6) is 1.07. The SMILES string of the molecule is CCc1ccc(-n2c(CC)nc3c(C)cc(C)nc32)cc1. The fraction of sp³-hybridized carbons (Fsp3) is 0.333. The maximum atomic E-state index is 4.79. The minimum absolute atomic E-state index is 0.893. The molecule has 0 saturated carbocycles. The monoisotopic (exact) mass is 279 g/mol. The van der Waals surface area contributed by atoms with E-state index in [0.29, 0.717) is 0 Å². The Balaban J connectivity index is 2.28. The summed E-state index contributed by atoms with van der Waals surface area (Å²) in [7, 11) is 0. The first-order valence-electron chi connectivity index (χ1n) is 7.59. The van der Waals surface area contributed by atoms with Crippen molar-refractivity contribution < 1.29 is 0 Å². The number of aryl methyl sites for hydroxylation is 4. The normalized spacial score (nSPS) is 11.2. The van der Waals surface area contributed by atoms with E-state index in [1.165, 1.54) is 11.1 Å². The van der Waals surface area contributed by atoms with Crippen LogP contribution in [0.25, 0.3) is 16.9 Å². The number of hydrogen-bond acceptors (Lipinski definition) is 2. The highest BCUT2D eigenvalue weighted by Gasteiger charge is 2.14. The summed E-state index contributed by atoms with van der Waals surface area (Å²) in [5, 5.41) is 0. The molecule has 0 unspecified atom stereocenters. The molecule has 3 heteroatoms. The van der Waals surface area contributed by atoms with Gasteiger partial charge in [0.1, 0.15) is 11.3 Å². The Labute approximate surface area is 125 Å². The molecule has 108 valence electrons. The van der Waals surface area contributed by atoms with Crippen LogP contribution in [0.4, 0.5) is 0 Å². The van der Waals surface area contributed by atoms with E-state index in [1.54, 1.807) is 0 Å². The highest BCUT2D eigenvalue weighted by atomic mass is 15.1. The van der Waals surface area contributed by atoms with Crippen LogP contribution in [-0.2, 0) is 12.8 Å². The first-order valence-corrected chi connectivity index (χ1v) is 7.59. The summed E-state index contributed by atoms with van der Waals surface area (Å²) >= 11 is 0. The average Bonchev–Trinajstić information content (AvgIpc) is 2.86. The maximum Gasteiger partial charge on any atom is 0.165 e. The third-order valence-corrected chi connectivity index (χ3v) is 3.92. The Morgan fingerprint density at radius 2 is 1.67 bits per heavy atom. The molecule has 3 nitrogen and oxygen atoms in total. The van der Waals surface area contributed by atoms with Crippen molar-refractivity contribution in [2.75, 3.05) is 0 Å². The number of imidazole rings is 1. The zero-order chi connectivity index (χ0) is 15.0. The van der Waals surface area contributed by atoms with Crippen molar-refractivity contribution in [3.05, 3.63) is 53.0 Å². The molecular formula is C18H21N3. The van der Waals surface area contributed by atoms with Crippen molar-refractivity contribution in [3.63, 3.8) is 0 Å². The second-order valence-electron chi connectivity index (χ2n) is 5.49. The molecule has 21 heavy (non-hydrogen) atoms. The lowest BCUT2D eigenvalue weighted by Crippen LogP contribution is -2.01. The molecule has 1 aromatic carbocycles. The Morgan fingerprint density at radius 3 is 2.29 bits per heavy atom. The van der Waals surface area contributed by atoms with Crippen molar-refractivity contribution in [1.29, 1.82) is 0 Å². The zero-order valence-electron chi connectivity index (χ0n) is 13.1. The van der Waals surface area contributed by atoms with Gasteiger partial charge in [-0.2, -0.15) is 0 Å². The van der Waals surface area contributed by atoms with Crippen molar-refractivity contribution in [3.8, 4) is 5.69 Å². The van der Waals surface area contributed by atoms with Crippen molar-refractivity contribution in [2.45, 2.75) is 40.5 Å². The van der Waals surface area contributed by atoms with Gasteiger partial charge in [0.15, 0.2) is 5.65 Å². The number of aromatic nitrogens is 3. The van der Waals surface area contributed by atoms with Crippen LogP contribution in [0.5, 0.6) is 0 Å². The summed E-state index contributed by atoms with van der Waals surface area (Å²) in [4.78, 5) is 9.52. The van der Waals surface area contributed by atoms with E-state index in [4.69, 9.17) is 9.97 Å². The lowest BCUT2D eigenvalue weighted by Gasteiger charge is -2.09. The largest absolute Gasteiger partial charge is 0.281 e. The Bertz CT molecular complexity index is 782. The first-order chi connectivity index (χ1) is 10.1. The van der Waals surface area contributed by atoms with Gasteiger partial charge in [-0.3, -0.25) is 4.57 Å². The molecule has 0 saturated heterocycles. The van der Waals surface area contributed by atoms with Gasteiger partial charge < -0.3 is 0 Å². The number of hydrogen-bond donors (Lipinski definition) is 0. The third-order valence-electron chi connectivity index (χ3n) is 3.92. The molecule has 3 aromatic rings. The molecule has 0 spiro atoms.